The first-order valence-corrected chi connectivity index (χ1v) is 15.2. The van der Waals surface area contributed by atoms with E-state index in [0.717, 1.165) is 60.1 Å². The summed E-state index contributed by atoms with van der Waals surface area (Å²) in [5.41, 5.74) is 3.28. The molecular formula is C31H41N5O2S. The summed E-state index contributed by atoms with van der Waals surface area (Å²) in [6.45, 7) is 8.21. The van der Waals surface area contributed by atoms with Crippen LogP contribution in [0, 0.1) is 6.92 Å². The van der Waals surface area contributed by atoms with Crippen LogP contribution in [0.4, 0.5) is 0 Å². The van der Waals surface area contributed by atoms with Gasteiger partial charge in [0.05, 0.1) is 0 Å². The van der Waals surface area contributed by atoms with Gasteiger partial charge in [0, 0.05) is 55.5 Å². The van der Waals surface area contributed by atoms with Gasteiger partial charge in [-0.05, 0) is 45.2 Å². The van der Waals surface area contributed by atoms with E-state index < -0.39 is 0 Å². The highest BCUT2D eigenvalue weighted by molar-refractivity contribution is 7.99. The Balaban J connectivity index is 1.27. The van der Waals surface area contributed by atoms with Crippen LogP contribution in [0.5, 0.6) is 0 Å². The highest BCUT2D eigenvalue weighted by atomic mass is 32.2. The second kappa shape index (κ2) is 14.3. The van der Waals surface area contributed by atoms with Crippen LogP contribution < -0.4 is 0 Å². The van der Waals surface area contributed by atoms with Crippen LogP contribution in [0.25, 0.3) is 17.1 Å². The number of piperazine rings is 1. The summed E-state index contributed by atoms with van der Waals surface area (Å²) in [6.07, 6.45) is 6.07. The number of hydrogen-bond donors (Lipinski definition) is 0. The average molecular weight is 548 g/mol. The van der Waals surface area contributed by atoms with Gasteiger partial charge in [-0.2, -0.15) is 0 Å². The lowest BCUT2D eigenvalue weighted by Gasteiger charge is -2.40. The van der Waals surface area contributed by atoms with Gasteiger partial charge in [-0.15, -0.1) is 10.2 Å². The predicted octanol–water partition coefficient (Wildman–Crippen LogP) is 6.14. The second-order valence-electron chi connectivity index (χ2n) is 10.4. The predicted molar refractivity (Wildman–Crippen MR) is 158 cm³/mol. The monoisotopic (exact) mass is 547 g/mol. The molecule has 1 aromatic heterocycles. The van der Waals surface area contributed by atoms with Crippen molar-refractivity contribution in [3.05, 3.63) is 60.2 Å². The van der Waals surface area contributed by atoms with Gasteiger partial charge in [0.1, 0.15) is 0 Å². The van der Waals surface area contributed by atoms with E-state index in [1.54, 1.807) is 11.8 Å². The van der Waals surface area contributed by atoms with E-state index in [4.69, 9.17) is 0 Å². The summed E-state index contributed by atoms with van der Waals surface area (Å²) in [6, 6.07) is 18.6. The first-order chi connectivity index (χ1) is 19.0. The maximum absolute atomic E-state index is 12.9. The number of carbonyl (C=O) groups is 2. The molecule has 8 heteroatoms. The molecule has 208 valence electrons. The van der Waals surface area contributed by atoms with Crippen LogP contribution in [0.2, 0.25) is 0 Å². The number of amides is 2. The molecule has 1 unspecified atom stereocenters. The molecule has 0 N–H and O–H groups in total. The second-order valence-corrected chi connectivity index (χ2v) is 11.4. The SMILES string of the molecule is CCCCCC(=O)N1CCN(C(=O)CCCCSc2nnc(-c3ccccc3)n2-c2ccc(C)cc2)CC1C. The molecule has 4 rings (SSSR count). The average Bonchev–Trinajstić information content (AvgIpc) is 3.37. The Bertz CT molecular complexity index is 1210. The standard InChI is InChI=1S/C31H41N5O2S/c1-4-5-7-15-29(38)35-21-20-34(23-25(35)3)28(37)14-10-11-22-39-31-33-32-30(26-12-8-6-9-13-26)36(31)27-18-16-24(2)17-19-27/h6,8-9,12-13,16-19,25H,4-5,7,10-11,14-15,20-23H2,1-3H3. The number of benzene rings is 2. The van der Waals surface area contributed by atoms with E-state index >= 15 is 0 Å². The molecule has 0 spiro atoms. The van der Waals surface area contributed by atoms with Crippen molar-refractivity contribution in [2.24, 2.45) is 0 Å². The molecule has 39 heavy (non-hydrogen) atoms. The molecule has 2 amide bonds. The van der Waals surface area contributed by atoms with E-state index in [2.05, 4.69) is 71.9 Å². The molecular weight excluding hydrogens is 506 g/mol. The summed E-state index contributed by atoms with van der Waals surface area (Å²) in [5.74, 6) is 2.12. The lowest BCUT2D eigenvalue weighted by molar-refractivity contribution is -0.142. The number of thioether (sulfide) groups is 1. The number of nitrogens with zero attached hydrogens (tertiary/aromatic N) is 5. The minimum atomic E-state index is 0.0827. The molecule has 3 aromatic rings. The molecule has 1 saturated heterocycles. The van der Waals surface area contributed by atoms with Crippen LogP contribution in [-0.4, -0.2) is 67.8 Å². The Kier molecular flexibility index (Phi) is 10.6. The Hall–Kier alpha value is -3.13. The number of unbranched alkanes of at least 4 members (excludes halogenated alkanes) is 3. The van der Waals surface area contributed by atoms with Crippen molar-refractivity contribution in [3.63, 3.8) is 0 Å². The van der Waals surface area contributed by atoms with Crippen molar-refractivity contribution in [1.29, 1.82) is 0 Å². The number of aryl methyl sites for hydroxylation is 1. The zero-order valence-electron chi connectivity index (χ0n) is 23.5. The van der Waals surface area contributed by atoms with Gasteiger partial charge in [-0.3, -0.25) is 14.2 Å². The fourth-order valence-corrected chi connectivity index (χ4v) is 5.94. The molecule has 1 aliphatic heterocycles. The zero-order chi connectivity index (χ0) is 27.6. The maximum atomic E-state index is 12.9. The minimum Gasteiger partial charge on any atom is -0.339 e. The molecule has 0 saturated carbocycles. The fraction of sp³-hybridized carbons (Fsp3) is 0.484. The first kappa shape index (κ1) is 28.9. The Morgan fingerprint density at radius 3 is 2.33 bits per heavy atom. The van der Waals surface area contributed by atoms with Crippen LogP contribution in [-0.2, 0) is 9.59 Å². The van der Waals surface area contributed by atoms with Gasteiger partial charge < -0.3 is 9.80 Å². The molecule has 1 atom stereocenters. The highest BCUT2D eigenvalue weighted by Gasteiger charge is 2.29. The quantitative estimate of drug-likeness (QED) is 0.201. The molecule has 0 aliphatic carbocycles. The molecule has 1 aliphatic rings. The summed E-state index contributed by atoms with van der Waals surface area (Å²) in [7, 11) is 0. The summed E-state index contributed by atoms with van der Waals surface area (Å²) >= 11 is 1.68. The van der Waals surface area contributed by atoms with Crippen LogP contribution in [0.1, 0.15) is 64.4 Å². The minimum absolute atomic E-state index is 0.0827. The van der Waals surface area contributed by atoms with Crippen molar-refractivity contribution in [2.75, 3.05) is 25.4 Å². The smallest absolute Gasteiger partial charge is 0.222 e. The molecule has 0 radical (unpaired) electrons. The van der Waals surface area contributed by atoms with E-state index in [1.807, 2.05) is 28.0 Å². The van der Waals surface area contributed by atoms with E-state index in [1.165, 1.54) is 5.56 Å². The van der Waals surface area contributed by atoms with Gasteiger partial charge >= 0.3 is 0 Å². The van der Waals surface area contributed by atoms with E-state index in [9.17, 15) is 9.59 Å². The molecule has 1 fully saturated rings. The van der Waals surface area contributed by atoms with Gasteiger partial charge in [-0.1, -0.05) is 79.6 Å². The maximum Gasteiger partial charge on any atom is 0.222 e. The van der Waals surface area contributed by atoms with Crippen molar-refractivity contribution >= 4 is 23.6 Å². The van der Waals surface area contributed by atoms with Crippen LogP contribution >= 0.6 is 11.8 Å². The largest absolute Gasteiger partial charge is 0.339 e. The normalized spacial score (nSPS) is 15.5. The third kappa shape index (κ3) is 7.72. The molecule has 7 nitrogen and oxygen atoms in total. The van der Waals surface area contributed by atoms with Gasteiger partial charge in [-0.25, -0.2) is 0 Å². The number of aromatic nitrogens is 3. The number of rotatable bonds is 12. The van der Waals surface area contributed by atoms with E-state index in [0.29, 0.717) is 32.5 Å². The Labute approximate surface area is 237 Å². The Morgan fingerprint density at radius 1 is 0.897 bits per heavy atom. The van der Waals surface area contributed by atoms with Crippen LogP contribution in [0.15, 0.2) is 59.8 Å². The van der Waals surface area contributed by atoms with Crippen molar-refractivity contribution in [2.45, 2.75) is 76.9 Å². The lowest BCUT2D eigenvalue weighted by atomic mass is 10.1. The first-order valence-electron chi connectivity index (χ1n) is 14.3. The summed E-state index contributed by atoms with van der Waals surface area (Å²) in [4.78, 5) is 29.3. The van der Waals surface area contributed by atoms with Crippen molar-refractivity contribution < 1.29 is 9.59 Å². The molecule has 2 aromatic carbocycles. The van der Waals surface area contributed by atoms with Gasteiger partial charge in [0.15, 0.2) is 11.0 Å². The zero-order valence-corrected chi connectivity index (χ0v) is 24.3. The summed E-state index contributed by atoms with van der Waals surface area (Å²) in [5, 5.41) is 9.90. The molecule has 0 bridgehead atoms. The summed E-state index contributed by atoms with van der Waals surface area (Å²) < 4.78 is 2.12. The highest BCUT2D eigenvalue weighted by Crippen LogP contribution is 2.28. The van der Waals surface area contributed by atoms with Gasteiger partial charge in [0.25, 0.3) is 0 Å². The van der Waals surface area contributed by atoms with Crippen molar-refractivity contribution in [3.8, 4) is 17.1 Å². The van der Waals surface area contributed by atoms with E-state index in [-0.39, 0.29) is 17.9 Å². The third-order valence-corrected chi connectivity index (χ3v) is 8.28. The topological polar surface area (TPSA) is 71.3 Å². The number of hydrogen-bond acceptors (Lipinski definition) is 5. The fourth-order valence-electron chi connectivity index (χ4n) is 4.99. The Morgan fingerprint density at radius 2 is 1.62 bits per heavy atom. The van der Waals surface area contributed by atoms with Gasteiger partial charge in [0.2, 0.25) is 11.8 Å². The molecule has 2 heterocycles. The van der Waals surface area contributed by atoms with Crippen molar-refractivity contribution in [1.82, 2.24) is 24.6 Å². The lowest BCUT2D eigenvalue weighted by Crippen LogP contribution is -2.55. The number of carbonyl (C=O) groups excluding carboxylic acids is 2. The third-order valence-electron chi connectivity index (χ3n) is 7.27. The van der Waals surface area contributed by atoms with Crippen LogP contribution in [0.3, 0.4) is 0 Å².